The Kier molecular flexibility index (Phi) is 22.9. The summed E-state index contributed by atoms with van der Waals surface area (Å²) in [6.45, 7) is 9.42. The van der Waals surface area contributed by atoms with E-state index in [1.807, 2.05) is 4.90 Å². The van der Waals surface area contributed by atoms with Crippen molar-refractivity contribution in [3.05, 3.63) is 0 Å². The summed E-state index contributed by atoms with van der Waals surface area (Å²) >= 11 is 6.93. The van der Waals surface area contributed by atoms with Crippen molar-refractivity contribution in [2.24, 2.45) is 5.73 Å². The molecule has 0 saturated carbocycles. The molecule has 0 aromatic carbocycles. The zero-order chi connectivity index (χ0) is 16.6. The highest BCUT2D eigenvalue weighted by atomic mass is 32.1. The lowest BCUT2D eigenvalue weighted by atomic mass is 10.3. The fourth-order valence-electron chi connectivity index (χ4n) is 1.00. The third kappa shape index (κ3) is 36.0. The second kappa shape index (κ2) is 18.6. The smallest absolute Gasteiger partial charge is 0.278 e. The van der Waals surface area contributed by atoms with Gasteiger partial charge in [0, 0.05) is 19.2 Å². The van der Waals surface area contributed by atoms with E-state index in [1.165, 1.54) is 0 Å². The molecule has 0 aromatic rings. The van der Waals surface area contributed by atoms with Crippen LogP contribution in [-0.2, 0) is 0 Å². The van der Waals surface area contributed by atoms with Crippen molar-refractivity contribution in [3.63, 3.8) is 0 Å². The molecular weight excluding hydrogens is 296 g/mol. The van der Waals surface area contributed by atoms with Crippen molar-refractivity contribution in [2.45, 2.75) is 59.5 Å². The molecule has 0 saturated heterocycles. The lowest BCUT2D eigenvalue weighted by Gasteiger charge is -2.19. The highest BCUT2D eigenvalue weighted by Crippen LogP contribution is 2.02. The van der Waals surface area contributed by atoms with Crippen LogP contribution >= 0.6 is 25.3 Å². The molecule has 0 aliphatic rings. The van der Waals surface area contributed by atoms with Gasteiger partial charge in [0.15, 0.2) is 0 Å². The summed E-state index contributed by atoms with van der Waals surface area (Å²) in [7, 11) is 0. The minimum absolute atomic E-state index is 0.0862. The third-order valence-corrected chi connectivity index (χ3v) is 2.12. The maximum absolute atomic E-state index is 10.9. The Morgan fingerprint density at radius 2 is 1.35 bits per heavy atom. The van der Waals surface area contributed by atoms with Crippen molar-refractivity contribution in [1.29, 1.82) is 0 Å². The van der Waals surface area contributed by atoms with Crippen LogP contribution in [0, 0.1) is 0 Å². The minimum atomic E-state index is -0.639. The number of rotatable bonds is 6. The number of amides is 2. The fourth-order valence-corrected chi connectivity index (χ4v) is 1.20. The molecule has 3 N–H and O–H groups in total. The Morgan fingerprint density at radius 1 is 1.10 bits per heavy atom. The average molecular weight is 327 g/mol. The summed E-state index contributed by atoms with van der Waals surface area (Å²) in [5.41, 5.74) is 4.34. The van der Waals surface area contributed by atoms with Crippen molar-refractivity contribution < 1.29 is 14.7 Å². The number of carbonyl (C=O) groups is 2. The summed E-state index contributed by atoms with van der Waals surface area (Å²) in [6, 6.07) is 0. The number of carbonyl (C=O) groups excluding carboxylic acids is 2. The SMILES string of the molecule is CC(C)O.CCCCN(CCCC)C(=O)S.NC(=O)S. The second-order valence-corrected chi connectivity index (χ2v) is 5.23. The number of hydrogen-bond acceptors (Lipinski definition) is 3. The van der Waals surface area contributed by atoms with Gasteiger partial charge in [0.2, 0.25) is 0 Å². The molecule has 0 unspecified atom stereocenters. The van der Waals surface area contributed by atoms with Crippen LogP contribution in [0.2, 0.25) is 0 Å². The van der Waals surface area contributed by atoms with Crippen LogP contribution in [0.3, 0.4) is 0 Å². The first-order valence-electron chi connectivity index (χ1n) is 6.83. The van der Waals surface area contributed by atoms with Gasteiger partial charge in [-0.15, -0.1) is 0 Å². The monoisotopic (exact) mass is 326 g/mol. The predicted molar refractivity (Wildman–Crippen MR) is 91.7 cm³/mol. The molecule has 20 heavy (non-hydrogen) atoms. The van der Waals surface area contributed by atoms with Crippen molar-refractivity contribution >= 4 is 35.7 Å². The van der Waals surface area contributed by atoms with Crippen LogP contribution in [0.5, 0.6) is 0 Å². The molecule has 0 radical (unpaired) electrons. The summed E-state index contributed by atoms with van der Waals surface area (Å²) in [5.74, 6) is 0. The van der Waals surface area contributed by atoms with Gasteiger partial charge in [-0.25, -0.2) is 0 Å². The fraction of sp³-hybridized carbons (Fsp3) is 0.846. The van der Waals surface area contributed by atoms with Gasteiger partial charge in [0.05, 0.1) is 0 Å². The number of nitrogens with zero attached hydrogens (tertiary/aromatic N) is 1. The van der Waals surface area contributed by atoms with Gasteiger partial charge in [-0.2, -0.15) is 0 Å². The third-order valence-electron chi connectivity index (χ3n) is 1.83. The zero-order valence-electron chi connectivity index (χ0n) is 13.0. The molecule has 0 fully saturated rings. The first-order valence-corrected chi connectivity index (χ1v) is 7.72. The first-order chi connectivity index (χ1) is 9.18. The largest absolute Gasteiger partial charge is 0.394 e. The van der Waals surface area contributed by atoms with Gasteiger partial charge in [-0.05, 0) is 26.7 Å². The first kappa shape index (κ1) is 24.6. The van der Waals surface area contributed by atoms with Crippen molar-refractivity contribution in [1.82, 2.24) is 4.90 Å². The number of unbranched alkanes of at least 4 members (excludes halogenated alkanes) is 2. The lowest BCUT2D eigenvalue weighted by molar-refractivity contribution is 0.216. The Bertz CT molecular complexity index is 225. The Morgan fingerprint density at radius 3 is 1.50 bits per heavy atom. The van der Waals surface area contributed by atoms with Crippen molar-refractivity contribution in [3.8, 4) is 0 Å². The van der Waals surface area contributed by atoms with Crippen LogP contribution in [0.1, 0.15) is 53.4 Å². The van der Waals surface area contributed by atoms with E-state index in [1.54, 1.807) is 13.8 Å². The number of hydrogen-bond donors (Lipinski definition) is 4. The van der Waals surface area contributed by atoms with Crippen LogP contribution in [-0.4, -0.2) is 39.7 Å². The average Bonchev–Trinajstić information content (AvgIpc) is 2.27. The Hall–Kier alpha value is -0.400. The summed E-state index contributed by atoms with van der Waals surface area (Å²) in [4.78, 5) is 21.8. The molecule has 7 heteroatoms. The van der Waals surface area contributed by atoms with Gasteiger partial charge in [0.1, 0.15) is 0 Å². The molecule has 0 aliphatic heterocycles. The molecule has 2 amide bonds. The van der Waals surface area contributed by atoms with Crippen LogP contribution in [0.25, 0.3) is 0 Å². The van der Waals surface area contributed by atoms with Gasteiger partial charge in [-0.1, -0.05) is 51.9 Å². The second-order valence-electron chi connectivity index (χ2n) is 4.41. The van der Waals surface area contributed by atoms with Crippen LogP contribution in [0.15, 0.2) is 0 Å². The number of thiol groups is 2. The highest BCUT2D eigenvalue weighted by Gasteiger charge is 2.06. The van der Waals surface area contributed by atoms with E-state index in [-0.39, 0.29) is 11.3 Å². The molecule has 0 spiro atoms. The molecule has 5 nitrogen and oxygen atoms in total. The Balaban J connectivity index is -0.000000297. The number of aliphatic hydroxyl groups is 1. The molecule has 0 atom stereocenters. The molecule has 0 aliphatic carbocycles. The van der Waals surface area contributed by atoms with Gasteiger partial charge < -0.3 is 15.7 Å². The maximum Gasteiger partial charge on any atom is 0.278 e. The van der Waals surface area contributed by atoms with E-state index in [2.05, 4.69) is 44.8 Å². The van der Waals surface area contributed by atoms with E-state index in [0.717, 1.165) is 38.8 Å². The summed E-state index contributed by atoms with van der Waals surface area (Å²) < 4.78 is 0. The molecule has 0 rings (SSSR count). The predicted octanol–water partition coefficient (Wildman–Crippen LogP) is 3.32. The zero-order valence-corrected chi connectivity index (χ0v) is 14.8. The Labute approximate surface area is 134 Å². The van der Waals surface area contributed by atoms with E-state index < -0.39 is 5.24 Å². The van der Waals surface area contributed by atoms with Gasteiger partial charge >= 0.3 is 0 Å². The number of primary amides is 1. The molecular formula is C13H30N2O3S2. The summed E-state index contributed by atoms with van der Waals surface area (Å²) in [6.07, 6.45) is 4.25. The highest BCUT2D eigenvalue weighted by molar-refractivity contribution is 7.96. The topological polar surface area (TPSA) is 83.6 Å². The molecule has 0 heterocycles. The van der Waals surface area contributed by atoms with Crippen molar-refractivity contribution in [2.75, 3.05) is 13.1 Å². The molecule has 122 valence electrons. The molecule has 0 bridgehead atoms. The standard InChI is InChI=1S/C9H19NOS.C3H8O.CH3NOS/c1-3-5-7-10(9(11)12)8-6-4-2;1-3(2)4;2-1(3)4/h3-8H2,1-2H3,(H,11,12);3-4H,1-2H3;(H3,2,3,4). The quantitative estimate of drug-likeness (QED) is 0.565. The summed E-state index contributed by atoms with van der Waals surface area (Å²) in [5, 5.41) is 7.33. The number of nitrogens with two attached hydrogens (primary N) is 1. The van der Waals surface area contributed by atoms with E-state index in [9.17, 15) is 4.79 Å². The minimum Gasteiger partial charge on any atom is -0.394 e. The van der Waals surface area contributed by atoms with Gasteiger partial charge in [0.25, 0.3) is 10.5 Å². The normalized spacial score (nSPS) is 9.00. The number of aliphatic hydroxyl groups excluding tert-OH is 1. The maximum atomic E-state index is 10.9. The van der Waals surface area contributed by atoms with E-state index >= 15 is 0 Å². The lowest BCUT2D eigenvalue weighted by Crippen LogP contribution is -2.28. The van der Waals surface area contributed by atoms with E-state index in [4.69, 9.17) is 9.90 Å². The molecule has 0 aromatic heterocycles. The van der Waals surface area contributed by atoms with Gasteiger partial charge in [-0.3, -0.25) is 9.59 Å². The van der Waals surface area contributed by atoms with Crippen LogP contribution in [0.4, 0.5) is 9.59 Å². The van der Waals surface area contributed by atoms with E-state index in [0.29, 0.717) is 0 Å². The van der Waals surface area contributed by atoms with Crippen LogP contribution < -0.4 is 5.73 Å².